The van der Waals surface area contributed by atoms with E-state index in [1.54, 1.807) is 0 Å². The summed E-state index contributed by atoms with van der Waals surface area (Å²) < 4.78 is 0. The number of fused-ring (bicyclic) bond motifs is 4. The summed E-state index contributed by atoms with van der Waals surface area (Å²) in [6, 6.07) is 7.49. The Morgan fingerprint density at radius 1 is 1.39 bits per heavy atom. The molecule has 1 amide bonds. The largest absolute Gasteiger partial charge is 0.366 e. The molecular formula is C20H28N2O. The molecule has 124 valence electrons. The number of hydrogen-bond acceptors (Lipinski definition) is 2. The van der Waals surface area contributed by atoms with E-state index in [2.05, 4.69) is 37.8 Å². The zero-order chi connectivity index (χ0) is 16.4. The third-order valence-corrected chi connectivity index (χ3v) is 7.16. The van der Waals surface area contributed by atoms with E-state index >= 15 is 0 Å². The lowest BCUT2D eigenvalue weighted by atomic mass is 9.58. The van der Waals surface area contributed by atoms with Crippen LogP contribution in [0.4, 0.5) is 0 Å². The van der Waals surface area contributed by atoms with Crippen molar-refractivity contribution in [3.63, 3.8) is 0 Å². The van der Waals surface area contributed by atoms with Gasteiger partial charge in [-0.25, -0.2) is 0 Å². The minimum absolute atomic E-state index is 0.170. The first-order valence-corrected chi connectivity index (χ1v) is 9.11. The molecule has 4 rings (SSSR count). The maximum absolute atomic E-state index is 11.6. The summed E-state index contributed by atoms with van der Waals surface area (Å²) >= 11 is 0. The highest BCUT2D eigenvalue weighted by atomic mass is 16.1. The average Bonchev–Trinajstić information content (AvgIpc) is 3.34. The SMILES string of the molecule is CC1[C@H]2Cc3ccc(C(N)=O)cc3[C@]1(C)CCN2[C@H](C)C1CC1. The Bertz CT molecular complexity index is 651. The Morgan fingerprint density at radius 2 is 2.13 bits per heavy atom. The zero-order valence-corrected chi connectivity index (χ0v) is 14.5. The van der Waals surface area contributed by atoms with Gasteiger partial charge in [-0.1, -0.05) is 19.9 Å². The summed E-state index contributed by atoms with van der Waals surface area (Å²) in [6.07, 6.45) is 5.11. The number of carbonyl (C=O) groups excluding carboxylic acids is 1. The van der Waals surface area contributed by atoms with E-state index in [-0.39, 0.29) is 11.3 Å². The van der Waals surface area contributed by atoms with Gasteiger partial charge in [-0.15, -0.1) is 0 Å². The number of amides is 1. The third-order valence-electron chi connectivity index (χ3n) is 7.16. The number of carbonyl (C=O) groups is 1. The third kappa shape index (κ3) is 2.24. The lowest BCUT2D eigenvalue weighted by Gasteiger charge is -2.56. The monoisotopic (exact) mass is 312 g/mol. The standard InChI is InChI=1S/C20H28N2O/c1-12-18-11-15-6-7-16(19(21)23)10-17(15)20(12,3)8-9-22(18)13(2)14-4-5-14/h6-7,10,12-14,18H,4-5,8-9,11H2,1-3H3,(H2,21,23)/t12?,13-,18-,20-/m1/s1. The lowest BCUT2D eigenvalue weighted by Crippen LogP contribution is -2.60. The second-order valence-electron chi connectivity index (χ2n) is 8.28. The number of rotatable bonds is 3. The summed E-state index contributed by atoms with van der Waals surface area (Å²) in [6.45, 7) is 8.42. The summed E-state index contributed by atoms with van der Waals surface area (Å²) in [7, 11) is 0. The zero-order valence-electron chi connectivity index (χ0n) is 14.5. The van der Waals surface area contributed by atoms with Crippen LogP contribution in [0.2, 0.25) is 0 Å². The molecule has 1 unspecified atom stereocenters. The number of nitrogens with two attached hydrogens (primary N) is 1. The molecule has 3 heteroatoms. The molecule has 23 heavy (non-hydrogen) atoms. The highest BCUT2D eigenvalue weighted by molar-refractivity contribution is 5.93. The second-order valence-corrected chi connectivity index (χ2v) is 8.28. The molecule has 1 aliphatic heterocycles. The first kappa shape index (κ1) is 15.2. The van der Waals surface area contributed by atoms with E-state index < -0.39 is 0 Å². The van der Waals surface area contributed by atoms with Crippen LogP contribution in [0.3, 0.4) is 0 Å². The van der Waals surface area contributed by atoms with E-state index in [1.165, 1.54) is 36.9 Å². The molecule has 1 aromatic rings. The molecule has 2 fully saturated rings. The number of likely N-dealkylation sites (tertiary alicyclic amines) is 1. The minimum Gasteiger partial charge on any atom is -0.366 e. The summed E-state index contributed by atoms with van der Waals surface area (Å²) in [5, 5.41) is 0. The molecule has 1 saturated carbocycles. The topological polar surface area (TPSA) is 46.3 Å². The Balaban J connectivity index is 1.73. The number of benzene rings is 1. The van der Waals surface area contributed by atoms with Gasteiger partial charge in [-0.2, -0.15) is 0 Å². The average molecular weight is 312 g/mol. The molecular weight excluding hydrogens is 284 g/mol. The van der Waals surface area contributed by atoms with Gasteiger partial charge in [-0.3, -0.25) is 9.69 Å². The molecule has 2 bridgehead atoms. The maximum Gasteiger partial charge on any atom is 0.248 e. The van der Waals surface area contributed by atoms with Crippen LogP contribution < -0.4 is 5.73 Å². The van der Waals surface area contributed by atoms with Crippen LogP contribution in [-0.4, -0.2) is 29.4 Å². The van der Waals surface area contributed by atoms with Gasteiger partial charge in [0.1, 0.15) is 0 Å². The number of primary amides is 1. The Morgan fingerprint density at radius 3 is 2.78 bits per heavy atom. The van der Waals surface area contributed by atoms with Crippen molar-refractivity contribution in [2.75, 3.05) is 6.54 Å². The van der Waals surface area contributed by atoms with E-state index in [1.807, 2.05) is 6.07 Å². The van der Waals surface area contributed by atoms with Gasteiger partial charge in [0.2, 0.25) is 5.91 Å². The lowest BCUT2D eigenvalue weighted by molar-refractivity contribution is 0.000499. The van der Waals surface area contributed by atoms with Crippen LogP contribution in [0.1, 0.15) is 61.5 Å². The quantitative estimate of drug-likeness (QED) is 0.932. The van der Waals surface area contributed by atoms with Gasteiger partial charge in [-0.05, 0) is 79.7 Å². The van der Waals surface area contributed by atoms with Crippen molar-refractivity contribution in [2.45, 2.75) is 64.0 Å². The fourth-order valence-corrected chi connectivity index (χ4v) is 5.16. The van der Waals surface area contributed by atoms with Gasteiger partial charge in [0.25, 0.3) is 0 Å². The fraction of sp³-hybridized carbons (Fsp3) is 0.650. The first-order chi connectivity index (χ1) is 10.9. The van der Waals surface area contributed by atoms with E-state index in [9.17, 15) is 4.79 Å². The minimum atomic E-state index is -0.314. The molecule has 2 N–H and O–H groups in total. The Kier molecular flexibility index (Phi) is 3.35. The number of piperidine rings is 1. The predicted molar refractivity (Wildman–Crippen MR) is 92.5 cm³/mol. The van der Waals surface area contributed by atoms with E-state index in [4.69, 9.17) is 5.73 Å². The van der Waals surface area contributed by atoms with Crippen molar-refractivity contribution in [1.82, 2.24) is 4.90 Å². The van der Waals surface area contributed by atoms with Gasteiger partial charge in [0, 0.05) is 17.6 Å². The van der Waals surface area contributed by atoms with Crippen molar-refractivity contribution >= 4 is 5.91 Å². The van der Waals surface area contributed by atoms with Crippen LogP contribution in [-0.2, 0) is 11.8 Å². The van der Waals surface area contributed by atoms with Crippen LogP contribution >= 0.6 is 0 Å². The molecule has 2 aliphatic carbocycles. The van der Waals surface area contributed by atoms with Crippen molar-refractivity contribution in [1.29, 1.82) is 0 Å². The summed E-state index contributed by atoms with van der Waals surface area (Å²) in [4.78, 5) is 14.4. The van der Waals surface area contributed by atoms with Gasteiger partial charge in [0.15, 0.2) is 0 Å². The molecule has 1 heterocycles. The predicted octanol–water partition coefficient (Wildman–Crippen LogP) is 3.11. The molecule has 3 aliphatic rings. The fourth-order valence-electron chi connectivity index (χ4n) is 5.16. The van der Waals surface area contributed by atoms with Crippen LogP contribution in [0.25, 0.3) is 0 Å². The smallest absolute Gasteiger partial charge is 0.248 e. The summed E-state index contributed by atoms with van der Waals surface area (Å²) in [5.74, 6) is 1.23. The Hall–Kier alpha value is -1.35. The van der Waals surface area contributed by atoms with Crippen molar-refractivity contribution in [3.8, 4) is 0 Å². The Labute approximate surface area is 139 Å². The normalized spacial score (nSPS) is 34.7. The molecule has 0 radical (unpaired) electrons. The highest BCUT2D eigenvalue weighted by Gasteiger charge is 2.50. The number of nitrogens with zero attached hydrogens (tertiary/aromatic N) is 1. The van der Waals surface area contributed by atoms with Crippen LogP contribution in [0.15, 0.2) is 18.2 Å². The van der Waals surface area contributed by atoms with Crippen molar-refractivity contribution < 1.29 is 4.79 Å². The number of hydrogen-bond donors (Lipinski definition) is 1. The van der Waals surface area contributed by atoms with Crippen LogP contribution in [0, 0.1) is 11.8 Å². The van der Waals surface area contributed by atoms with Crippen LogP contribution in [0.5, 0.6) is 0 Å². The first-order valence-electron chi connectivity index (χ1n) is 9.11. The molecule has 0 aromatic heterocycles. The van der Waals surface area contributed by atoms with Gasteiger partial charge < -0.3 is 5.73 Å². The molecule has 1 saturated heterocycles. The van der Waals surface area contributed by atoms with Gasteiger partial charge >= 0.3 is 0 Å². The maximum atomic E-state index is 11.6. The van der Waals surface area contributed by atoms with Gasteiger partial charge in [0.05, 0.1) is 0 Å². The summed E-state index contributed by atoms with van der Waals surface area (Å²) in [5.41, 5.74) is 9.13. The van der Waals surface area contributed by atoms with Crippen molar-refractivity contribution in [2.24, 2.45) is 17.6 Å². The van der Waals surface area contributed by atoms with E-state index in [0.717, 1.165) is 18.4 Å². The molecule has 1 aromatic carbocycles. The second kappa shape index (κ2) is 5.07. The molecule has 4 atom stereocenters. The molecule has 3 nitrogen and oxygen atoms in total. The van der Waals surface area contributed by atoms with Crippen molar-refractivity contribution in [3.05, 3.63) is 34.9 Å². The highest BCUT2D eigenvalue weighted by Crippen LogP contribution is 2.50. The molecule has 0 spiro atoms. The van der Waals surface area contributed by atoms with E-state index in [0.29, 0.717) is 17.5 Å².